The minimum Gasteiger partial charge on any atom is -0.469 e. The van der Waals surface area contributed by atoms with Gasteiger partial charge < -0.3 is 14.2 Å². The van der Waals surface area contributed by atoms with Crippen molar-refractivity contribution in [1.29, 1.82) is 0 Å². The zero-order valence-corrected chi connectivity index (χ0v) is 10.9. The van der Waals surface area contributed by atoms with Crippen molar-refractivity contribution in [2.24, 2.45) is 5.92 Å². The maximum atomic E-state index is 11.6. The van der Waals surface area contributed by atoms with Crippen molar-refractivity contribution in [3.63, 3.8) is 0 Å². The molecule has 0 aliphatic carbocycles. The van der Waals surface area contributed by atoms with Crippen molar-refractivity contribution in [2.45, 2.75) is 12.5 Å². The number of carbonyl (C=O) groups is 2. The third kappa shape index (κ3) is 2.76. The molecule has 0 radical (unpaired) electrons. The maximum Gasteiger partial charge on any atom is 0.337 e. The van der Waals surface area contributed by atoms with Gasteiger partial charge >= 0.3 is 11.9 Å². The van der Waals surface area contributed by atoms with Gasteiger partial charge in [-0.25, -0.2) is 4.79 Å². The smallest absolute Gasteiger partial charge is 0.337 e. The highest BCUT2D eigenvalue weighted by Crippen LogP contribution is 2.35. The highest BCUT2D eigenvalue weighted by molar-refractivity contribution is 5.89. The first-order chi connectivity index (χ1) is 9.17. The number of rotatable bonds is 3. The molecule has 0 spiro atoms. The lowest BCUT2D eigenvalue weighted by molar-refractivity contribution is -0.147. The highest BCUT2D eigenvalue weighted by Gasteiger charge is 2.35. The van der Waals surface area contributed by atoms with Crippen molar-refractivity contribution in [3.05, 3.63) is 35.4 Å². The summed E-state index contributed by atoms with van der Waals surface area (Å²) in [6.07, 6.45) is 0.343. The number of esters is 2. The monoisotopic (exact) mass is 264 g/mol. The van der Waals surface area contributed by atoms with Crippen molar-refractivity contribution < 1.29 is 23.8 Å². The Kier molecular flexibility index (Phi) is 4.16. The van der Waals surface area contributed by atoms with E-state index in [1.165, 1.54) is 14.2 Å². The van der Waals surface area contributed by atoms with Crippen LogP contribution in [0, 0.1) is 5.92 Å². The van der Waals surface area contributed by atoms with Crippen LogP contribution in [0.1, 0.15) is 28.4 Å². The van der Waals surface area contributed by atoms with Crippen LogP contribution in [0.15, 0.2) is 24.3 Å². The van der Waals surface area contributed by atoms with E-state index in [0.717, 1.165) is 5.56 Å². The van der Waals surface area contributed by atoms with Crippen molar-refractivity contribution in [1.82, 2.24) is 0 Å². The van der Waals surface area contributed by atoms with Gasteiger partial charge in [0.1, 0.15) is 0 Å². The van der Waals surface area contributed by atoms with Gasteiger partial charge in [-0.1, -0.05) is 12.1 Å². The third-order valence-electron chi connectivity index (χ3n) is 3.26. The predicted octanol–water partition coefficient (Wildman–Crippen LogP) is 1.72. The van der Waals surface area contributed by atoms with Crippen LogP contribution >= 0.6 is 0 Å². The molecule has 19 heavy (non-hydrogen) atoms. The Morgan fingerprint density at radius 1 is 1.16 bits per heavy atom. The lowest BCUT2D eigenvalue weighted by atomic mass is 9.95. The quantitative estimate of drug-likeness (QED) is 0.778. The van der Waals surface area contributed by atoms with Gasteiger partial charge in [0, 0.05) is 6.61 Å². The van der Waals surface area contributed by atoms with Gasteiger partial charge in [-0.15, -0.1) is 0 Å². The molecule has 0 saturated carbocycles. The number of hydrogen-bond donors (Lipinski definition) is 0. The van der Waals surface area contributed by atoms with Crippen LogP contribution in [-0.4, -0.2) is 32.8 Å². The fourth-order valence-electron chi connectivity index (χ4n) is 2.24. The van der Waals surface area contributed by atoms with Crippen LogP contribution in [0.5, 0.6) is 0 Å². The first-order valence-corrected chi connectivity index (χ1v) is 6.05. The zero-order chi connectivity index (χ0) is 13.8. The molecule has 0 aromatic heterocycles. The summed E-state index contributed by atoms with van der Waals surface area (Å²) in [4.78, 5) is 23.0. The zero-order valence-electron chi connectivity index (χ0n) is 10.9. The summed E-state index contributed by atoms with van der Waals surface area (Å²) in [5.74, 6) is -0.933. The molecule has 0 amide bonds. The molecule has 0 unspecified atom stereocenters. The minimum absolute atomic E-state index is 0.264. The van der Waals surface area contributed by atoms with E-state index in [0.29, 0.717) is 18.6 Å². The number of hydrogen-bond acceptors (Lipinski definition) is 5. The lowest BCUT2D eigenvalue weighted by Gasteiger charge is -2.17. The van der Waals surface area contributed by atoms with Crippen LogP contribution in [0.25, 0.3) is 0 Å². The molecule has 0 N–H and O–H groups in total. The molecule has 1 saturated heterocycles. The van der Waals surface area contributed by atoms with E-state index in [1.807, 2.05) is 0 Å². The fourth-order valence-corrected chi connectivity index (χ4v) is 2.24. The standard InChI is InChI=1S/C14H16O5/c1-17-13(15)10-5-3-9(4-6-10)12-11(7-8-19-12)14(16)18-2/h3-6,11-12H,7-8H2,1-2H3/t11-,12+/m1/s1. The van der Waals surface area contributed by atoms with E-state index in [4.69, 9.17) is 9.47 Å². The number of benzene rings is 1. The van der Waals surface area contributed by atoms with E-state index in [9.17, 15) is 9.59 Å². The second-order valence-electron chi connectivity index (χ2n) is 4.32. The number of ether oxygens (including phenoxy) is 3. The van der Waals surface area contributed by atoms with Gasteiger partial charge in [-0.3, -0.25) is 4.79 Å². The molecule has 1 heterocycles. The highest BCUT2D eigenvalue weighted by atomic mass is 16.5. The van der Waals surface area contributed by atoms with Crippen LogP contribution in [-0.2, 0) is 19.0 Å². The van der Waals surface area contributed by atoms with Gasteiger partial charge in [0.2, 0.25) is 0 Å². The maximum absolute atomic E-state index is 11.6. The summed E-state index contributed by atoms with van der Waals surface area (Å²) in [7, 11) is 2.71. The first kappa shape index (κ1) is 13.5. The molecule has 5 nitrogen and oxygen atoms in total. The van der Waals surface area contributed by atoms with Crippen molar-refractivity contribution in [3.8, 4) is 0 Å². The van der Waals surface area contributed by atoms with Crippen molar-refractivity contribution in [2.75, 3.05) is 20.8 Å². The minimum atomic E-state index is -0.386. The third-order valence-corrected chi connectivity index (χ3v) is 3.26. The average molecular weight is 264 g/mol. The molecule has 0 bridgehead atoms. The summed E-state index contributed by atoms with van der Waals surface area (Å²) in [6.45, 7) is 0.531. The largest absolute Gasteiger partial charge is 0.469 e. The normalized spacial score (nSPS) is 22.0. The van der Waals surface area contributed by atoms with E-state index < -0.39 is 0 Å². The lowest BCUT2D eigenvalue weighted by Crippen LogP contribution is -2.19. The number of methoxy groups -OCH3 is 2. The second-order valence-corrected chi connectivity index (χ2v) is 4.32. The molecule has 1 aliphatic heterocycles. The SMILES string of the molecule is COC(=O)c1ccc([C@@H]2OCC[C@H]2C(=O)OC)cc1. The summed E-state index contributed by atoms with van der Waals surface area (Å²) in [6, 6.07) is 6.88. The predicted molar refractivity (Wildman–Crippen MR) is 66.6 cm³/mol. The Hall–Kier alpha value is -1.88. The molecule has 1 aromatic rings. The van der Waals surface area contributed by atoms with E-state index in [2.05, 4.69) is 4.74 Å². The van der Waals surface area contributed by atoms with Crippen LogP contribution < -0.4 is 0 Å². The Morgan fingerprint density at radius 2 is 1.84 bits per heavy atom. The molecule has 2 rings (SSSR count). The Balaban J connectivity index is 2.17. The molecule has 102 valence electrons. The van der Waals surface area contributed by atoms with E-state index in [-0.39, 0.29) is 24.0 Å². The van der Waals surface area contributed by atoms with E-state index >= 15 is 0 Å². The Morgan fingerprint density at radius 3 is 2.42 bits per heavy atom. The summed E-state index contributed by atoms with van der Waals surface area (Å²) < 4.78 is 15.0. The van der Waals surface area contributed by atoms with E-state index in [1.54, 1.807) is 24.3 Å². The van der Waals surface area contributed by atoms with Crippen LogP contribution in [0.3, 0.4) is 0 Å². The molecule has 1 fully saturated rings. The molecule has 2 atom stereocenters. The summed E-state index contributed by atoms with van der Waals surface area (Å²) in [5, 5.41) is 0. The van der Waals surface area contributed by atoms with Gasteiger partial charge in [0.05, 0.1) is 31.8 Å². The summed E-state index contributed by atoms with van der Waals surface area (Å²) in [5.41, 5.74) is 1.33. The first-order valence-electron chi connectivity index (χ1n) is 6.05. The molecule has 1 aliphatic rings. The second kappa shape index (κ2) is 5.84. The molecule has 5 heteroatoms. The average Bonchev–Trinajstić information content (AvgIpc) is 2.95. The van der Waals surface area contributed by atoms with Gasteiger partial charge in [-0.05, 0) is 24.1 Å². The number of carbonyl (C=O) groups excluding carboxylic acids is 2. The van der Waals surface area contributed by atoms with Crippen LogP contribution in [0.4, 0.5) is 0 Å². The van der Waals surface area contributed by atoms with Crippen molar-refractivity contribution >= 4 is 11.9 Å². The van der Waals surface area contributed by atoms with Gasteiger partial charge in [0.25, 0.3) is 0 Å². The Labute approximate surface area is 111 Å². The summed E-state index contributed by atoms with van der Waals surface area (Å²) >= 11 is 0. The molecular weight excluding hydrogens is 248 g/mol. The molecule has 1 aromatic carbocycles. The van der Waals surface area contributed by atoms with Gasteiger partial charge in [0.15, 0.2) is 0 Å². The van der Waals surface area contributed by atoms with Crippen LogP contribution in [0.2, 0.25) is 0 Å². The topological polar surface area (TPSA) is 61.8 Å². The molecular formula is C14H16O5. The fraction of sp³-hybridized carbons (Fsp3) is 0.429. The van der Waals surface area contributed by atoms with Gasteiger partial charge in [-0.2, -0.15) is 0 Å². The Bertz CT molecular complexity index is 465.